The van der Waals surface area contributed by atoms with Crippen molar-refractivity contribution in [1.29, 1.82) is 5.26 Å². The fraction of sp³-hybridized carbons (Fsp3) is 0.438. The highest BCUT2D eigenvalue weighted by molar-refractivity contribution is 7.89. The highest BCUT2D eigenvalue weighted by Gasteiger charge is 2.36. The third-order valence-electron chi connectivity index (χ3n) is 4.48. The quantitative estimate of drug-likeness (QED) is 0.752. The van der Waals surface area contributed by atoms with Crippen LogP contribution in [0.3, 0.4) is 0 Å². The van der Waals surface area contributed by atoms with Gasteiger partial charge in [-0.25, -0.2) is 12.7 Å². The van der Waals surface area contributed by atoms with Crippen molar-refractivity contribution in [1.82, 2.24) is 9.21 Å². The highest BCUT2D eigenvalue weighted by Crippen LogP contribution is 2.23. The lowest BCUT2D eigenvalue weighted by Crippen LogP contribution is -2.43. The first-order chi connectivity index (χ1) is 11.4. The van der Waals surface area contributed by atoms with Crippen molar-refractivity contribution in [2.45, 2.75) is 12.8 Å². The maximum absolute atomic E-state index is 12.4. The van der Waals surface area contributed by atoms with E-state index in [-0.39, 0.29) is 18.2 Å². The Balaban J connectivity index is 1.65. The van der Waals surface area contributed by atoms with E-state index >= 15 is 0 Å². The van der Waals surface area contributed by atoms with Crippen molar-refractivity contribution < 1.29 is 18.0 Å². The molecule has 7 nitrogen and oxygen atoms in total. The molecule has 0 unspecified atom stereocenters. The molecule has 1 fully saturated rings. The zero-order valence-corrected chi connectivity index (χ0v) is 13.8. The average Bonchev–Trinajstić information content (AvgIpc) is 2.84. The second kappa shape index (κ2) is 6.34. The molecule has 0 saturated carbocycles. The summed E-state index contributed by atoms with van der Waals surface area (Å²) in [7, 11) is -3.56. The molecular weight excluding hydrogens is 330 g/mol. The summed E-state index contributed by atoms with van der Waals surface area (Å²) >= 11 is 0. The first-order valence-corrected chi connectivity index (χ1v) is 9.37. The molecule has 126 valence electrons. The molecule has 3 rings (SSSR count). The monoisotopic (exact) mass is 347 g/mol. The summed E-state index contributed by atoms with van der Waals surface area (Å²) in [6.45, 7) is 0.457. The van der Waals surface area contributed by atoms with Gasteiger partial charge in [0.2, 0.25) is 10.0 Å². The number of rotatable bonds is 4. The van der Waals surface area contributed by atoms with Gasteiger partial charge in [0.25, 0.3) is 11.8 Å². The van der Waals surface area contributed by atoms with Crippen LogP contribution in [0, 0.1) is 17.2 Å². The van der Waals surface area contributed by atoms with Crippen LogP contribution >= 0.6 is 0 Å². The number of benzene rings is 1. The van der Waals surface area contributed by atoms with E-state index in [2.05, 4.69) is 6.07 Å². The number of nitrogens with zero attached hydrogens (tertiary/aromatic N) is 3. The van der Waals surface area contributed by atoms with Crippen LogP contribution in [0.4, 0.5) is 0 Å². The molecular formula is C16H17N3O4S. The number of imide groups is 1. The molecule has 0 spiro atoms. The second-order valence-corrected chi connectivity index (χ2v) is 8.01. The highest BCUT2D eigenvalue weighted by atomic mass is 32.2. The average molecular weight is 347 g/mol. The van der Waals surface area contributed by atoms with Gasteiger partial charge in [-0.1, -0.05) is 12.1 Å². The number of piperidine rings is 1. The normalized spacial score (nSPS) is 19.4. The van der Waals surface area contributed by atoms with E-state index in [9.17, 15) is 18.0 Å². The van der Waals surface area contributed by atoms with Gasteiger partial charge in [0, 0.05) is 25.6 Å². The third-order valence-corrected chi connectivity index (χ3v) is 6.33. The van der Waals surface area contributed by atoms with Gasteiger partial charge in [0.15, 0.2) is 0 Å². The minimum atomic E-state index is -3.56. The Bertz CT molecular complexity index is 785. The summed E-state index contributed by atoms with van der Waals surface area (Å²) < 4.78 is 26.2. The van der Waals surface area contributed by atoms with Crippen LogP contribution < -0.4 is 0 Å². The first-order valence-electron chi connectivity index (χ1n) is 7.76. The van der Waals surface area contributed by atoms with Crippen molar-refractivity contribution in [2.75, 3.05) is 25.4 Å². The van der Waals surface area contributed by atoms with Gasteiger partial charge < -0.3 is 0 Å². The lowest BCUT2D eigenvalue weighted by atomic mass is 10.0. The zero-order valence-electron chi connectivity index (χ0n) is 13.0. The zero-order chi connectivity index (χ0) is 17.3. The van der Waals surface area contributed by atoms with Crippen LogP contribution in [0.15, 0.2) is 24.3 Å². The maximum atomic E-state index is 12.4. The molecule has 24 heavy (non-hydrogen) atoms. The smallest absolute Gasteiger partial charge is 0.261 e. The molecule has 1 aromatic rings. The molecule has 0 atom stereocenters. The Hall–Kier alpha value is -2.24. The van der Waals surface area contributed by atoms with Crippen molar-refractivity contribution in [3.63, 3.8) is 0 Å². The Morgan fingerprint density at radius 1 is 1.08 bits per heavy atom. The molecule has 0 aromatic heterocycles. The number of sulfonamides is 1. The van der Waals surface area contributed by atoms with Gasteiger partial charge in [0.05, 0.1) is 22.9 Å². The van der Waals surface area contributed by atoms with Gasteiger partial charge in [-0.05, 0) is 25.0 Å². The van der Waals surface area contributed by atoms with E-state index in [0.717, 1.165) is 4.90 Å². The van der Waals surface area contributed by atoms with E-state index in [0.29, 0.717) is 37.1 Å². The number of carbonyl (C=O) groups excluding carboxylic acids is 2. The van der Waals surface area contributed by atoms with E-state index in [4.69, 9.17) is 5.26 Å². The van der Waals surface area contributed by atoms with Crippen LogP contribution in [0.5, 0.6) is 0 Å². The van der Waals surface area contributed by atoms with E-state index in [1.54, 1.807) is 24.3 Å². The van der Waals surface area contributed by atoms with Gasteiger partial charge in [0.1, 0.15) is 0 Å². The lowest BCUT2D eigenvalue weighted by Gasteiger charge is -2.28. The van der Waals surface area contributed by atoms with Gasteiger partial charge in [-0.3, -0.25) is 14.5 Å². The molecule has 0 radical (unpaired) electrons. The summed E-state index contributed by atoms with van der Waals surface area (Å²) in [6, 6.07) is 8.63. The maximum Gasteiger partial charge on any atom is 0.261 e. The second-order valence-electron chi connectivity index (χ2n) is 5.93. The van der Waals surface area contributed by atoms with Crippen molar-refractivity contribution in [3.8, 4) is 6.07 Å². The number of nitriles is 1. The fourth-order valence-electron chi connectivity index (χ4n) is 3.04. The van der Waals surface area contributed by atoms with Crippen molar-refractivity contribution >= 4 is 21.8 Å². The van der Waals surface area contributed by atoms with Crippen LogP contribution in [0.2, 0.25) is 0 Å². The number of amides is 2. The molecule has 2 amide bonds. The van der Waals surface area contributed by atoms with E-state index in [1.807, 2.05) is 0 Å². The summed E-state index contributed by atoms with van der Waals surface area (Å²) in [5.74, 6) is -1.30. The standard InChI is InChI=1S/C16H17N3O4S/c17-11-12-5-7-18(8-6-12)24(22,23)10-9-19-15(20)13-3-1-2-4-14(13)16(19)21/h1-4,12H,5-10H2. The first kappa shape index (κ1) is 16.6. The predicted octanol–water partition coefficient (Wildman–Crippen LogP) is 0.848. The molecule has 8 heteroatoms. The van der Waals surface area contributed by atoms with Gasteiger partial charge >= 0.3 is 0 Å². The molecule has 2 aliphatic heterocycles. The number of carbonyl (C=O) groups is 2. The Morgan fingerprint density at radius 3 is 2.12 bits per heavy atom. The lowest BCUT2D eigenvalue weighted by molar-refractivity contribution is 0.0663. The minimum Gasteiger partial charge on any atom is -0.273 e. The largest absolute Gasteiger partial charge is 0.273 e. The van der Waals surface area contributed by atoms with Crippen LogP contribution in [0.25, 0.3) is 0 Å². The Kier molecular flexibility index (Phi) is 4.39. The predicted molar refractivity (Wildman–Crippen MR) is 85.5 cm³/mol. The third kappa shape index (κ3) is 2.92. The summed E-state index contributed by atoms with van der Waals surface area (Å²) in [6.07, 6.45) is 1.03. The number of hydrogen-bond acceptors (Lipinski definition) is 5. The molecule has 0 bridgehead atoms. The van der Waals surface area contributed by atoms with Crippen LogP contribution in [-0.4, -0.2) is 54.8 Å². The molecule has 2 heterocycles. The number of fused-ring (bicyclic) bond motifs is 1. The molecule has 0 N–H and O–H groups in total. The Morgan fingerprint density at radius 2 is 1.62 bits per heavy atom. The fourth-order valence-corrected chi connectivity index (χ4v) is 4.48. The van der Waals surface area contributed by atoms with Gasteiger partial charge in [-0.15, -0.1) is 0 Å². The summed E-state index contributed by atoms with van der Waals surface area (Å²) in [4.78, 5) is 25.5. The Labute approximate surface area is 140 Å². The minimum absolute atomic E-state index is 0.104. The summed E-state index contributed by atoms with van der Waals surface area (Å²) in [5.41, 5.74) is 0.629. The van der Waals surface area contributed by atoms with Crippen LogP contribution in [-0.2, 0) is 10.0 Å². The molecule has 1 saturated heterocycles. The van der Waals surface area contributed by atoms with E-state index < -0.39 is 21.8 Å². The number of hydrogen-bond donors (Lipinski definition) is 0. The molecule has 1 aromatic carbocycles. The van der Waals surface area contributed by atoms with Crippen molar-refractivity contribution in [2.24, 2.45) is 5.92 Å². The van der Waals surface area contributed by atoms with Crippen LogP contribution in [0.1, 0.15) is 33.6 Å². The van der Waals surface area contributed by atoms with Crippen molar-refractivity contribution in [3.05, 3.63) is 35.4 Å². The van der Waals surface area contributed by atoms with Gasteiger partial charge in [-0.2, -0.15) is 5.26 Å². The topological polar surface area (TPSA) is 98.5 Å². The van der Waals surface area contributed by atoms with E-state index in [1.165, 1.54) is 4.31 Å². The SMILES string of the molecule is N#CC1CCN(S(=O)(=O)CCN2C(=O)c3ccccc3C2=O)CC1. The molecule has 2 aliphatic rings. The molecule has 0 aliphatic carbocycles. The summed E-state index contributed by atoms with van der Waals surface area (Å²) in [5, 5.41) is 8.87.